The van der Waals surface area contributed by atoms with Gasteiger partial charge in [0, 0.05) is 6.42 Å². The molecule has 0 aromatic heterocycles. The second-order valence-corrected chi connectivity index (χ2v) is 5.27. The average molecular weight is 333 g/mol. The first kappa shape index (κ1) is 15.6. The molecular weight excluding hydrogens is 322 g/mol. The third kappa shape index (κ3) is 2.19. The van der Waals surface area contributed by atoms with Crippen LogP contribution in [0, 0.1) is 10.1 Å². The van der Waals surface area contributed by atoms with E-state index in [0.717, 1.165) is 6.07 Å². The van der Waals surface area contributed by atoms with Crippen molar-refractivity contribution in [1.82, 2.24) is 10.2 Å². The maximum Gasteiger partial charge on any atom is 0.286 e. The van der Waals surface area contributed by atoms with Crippen LogP contribution in [-0.4, -0.2) is 46.6 Å². The summed E-state index contributed by atoms with van der Waals surface area (Å²) < 4.78 is 4.92. The molecule has 10 heteroatoms. The number of fused-ring (bicyclic) bond motifs is 1. The number of nitrogens with zero attached hydrogens (tertiary/aromatic N) is 2. The molecule has 1 fully saturated rings. The summed E-state index contributed by atoms with van der Waals surface area (Å²) in [6.45, 7) is 0. The van der Waals surface area contributed by atoms with Crippen molar-refractivity contribution < 1.29 is 28.8 Å². The maximum absolute atomic E-state index is 12.6. The Morgan fingerprint density at radius 2 is 1.96 bits per heavy atom. The number of nitro groups is 1. The van der Waals surface area contributed by atoms with Crippen LogP contribution >= 0.6 is 0 Å². The van der Waals surface area contributed by atoms with Gasteiger partial charge < -0.3 is 4.74 Å². The van der Waals surface area contributed by atoms with Crippen LogP contribution in [0.15, 0.2) is 12.1 Å². The van der Waals surface area contributed by atoms with Gasteiger partial charge in [0.2, 0.25) is 11.8 Å². The Balaban J connectivity index is 2.08. The lowest BCUT2D eigenvalue weighted by Gasteiger charge is -2.27. The van der Waals surface area contributed by atoms with Crippen LogP contribution in [0.25, 0.3) is 0 Å². The highest BCUT2D eigenvalue weighted by Crippen LogP contribution is 2.36. The SMILES string of the molecule is COc1cc2c(c([N+](=O)[O-])c1)C(=O)N(C1CCC(=O)NC1=O)C2=O. The number of ether oxygens (including phenoxy) is 1. The molecule has 0 saturated carbocycles. The van der Waals surface area contributed by atoms with E-state index in [1.54, 1.807) is 0 Å². The van der Waals surface area contributed by atoms with E-state index in [9.17, 15) is 29.3 Å². The second-order valence-electron chi connectivity index (χ2n) is 5.27. The van der Waals surface area contributed by atoms with E-state index in [1.165, 1.54) is 13.2 Å². The van der Waals surface area contributed by atoms with Crippen LogP contribution in [0.2, 0.25) is 0 Å². The normalized spacial score (nSPS) is 20.0. The van der Waals surface area contributed by atoms with Gasteiger partial charge in [0.15, 0.2) is 0 Å². The van der Waals surface area contributed by atoms with Crippen molar-refractivity contribution in [2.24, 2.45) is 0 Å². The van der Waals surface area contributed by atoms with Gasteiger partial charge in [-0.15, -0.1) is 0 Å². The molecule has 3 rings (SSSR count). The van der Waals surface area contributed by atoms with Crippen molar-refractivity contribution in [2.75, 3.05) is 7.11 Å². The van der Waals surface area contributed by atoms with Crippen LogP contribution in [0.4, 0.5) is 5.69 Å². The molecule has 4 amide bonds. The fraction of sp³-hybridized carbons (Fsp3) is 0.286. The summed E-state index contributed by atoms with van der Waals surface area (Å²) in [5.74, 6) is -2.99. The minimum absolute atomic E-state index is 0.0267. The lowest BCUT2D eigenvalue weighted by Crippen LogP contribution is -2.54. The molecule has 1 saturated heterocycles. The molecular formula is C14H11N3O7. The lowest BCUT2D eigenvalue weighted by atomic mass is 10.0. The highest BCUT2D eigenvalue weighted by molar-refractivity contribution is 6.25. The number of hydrogen-bond donors (Lipinski definition) is 1. The molecule has 1 aromatic carbocycles. The van der Waals surface area contributed by atoms with Gasteiger partial charge in [0.25, 0.3) is 17.5 Å². The third-order valence-corrected chi connectivity index (χ3v) is 3.93. The average Bonchev–Trinajstić information content (AvgIpc) is 2.78. The van der Waals surface area contributed by atoms with Gasteiger partial charge in [-0.25, -0.2) is 0 Å². The number of imide groups is 2. The largest absolute Gasteiger partial charge is 0.496 e. The van der Waals surface area contributed by atoms with Gasteiger partial charge in [0.1, 0.15) is 17.4 Å². The first-order chi connectivity index (χ1) is 11.3. The molecule has 24 heavy (non-hydrogen) atoms. The van der Waals surface area contributed by atoms with Gasteiger partial charge in [0.05, 0.1) is 23.7 Å². The number of piperidine rings is 1. The summed E-state index contributed by atoms with van der Waals surface area (Å²) in [5, 5.41) is 13.3. The molecule has 0 spiro atoms. The van der Waals surface area contributed by atoms with Gasteiger partial charge in [-0.1, -0.05) is 0 Å². The molecule has 1 N–H and O–H groups in total. The zero-order valence-electron chi connectivity index (χ0n) is 12.4. The highest BCUT2D eigenvalue weighted by Gasteiger charge is 2.48. The molecule has 1 unspecified atom stereocenters. The predicted octanol–water partition coefficient (Wildman–Crippen LogP) is 0.00460. The van der Waals surface area contributed by atoms with Gasteiger partial charge >= 0.3 is 0 Å². The summed E-state index contributed by atoms with van der Waals surface area (Å²) in [6.07, 6.45) is -0.0592. The zero-order valence-corrected chi connectivity index (χ0v) is 12.4. The summed E-state index contributed by atoms with van der Waals surface area (Å²) in [6, 6.07) is 1.08. The number of nitrogens with one attached hydrogen (secondary N) is 1. The molecule has 0 radical (unpaired) electrons. The molecule has 1 atom stereocenters. The summed E-state index contributed by atoms with van der Waals surface area (Å²) >= 11 is 0. The van der Waals surface area contributed by atoms with Crippen LogP contribution in [0.1, 0.15) is 33.6 Å². The topological polar surface area (TPSA) is 136 Å². The molecule has 2 heterocycles. The van der Waals surface area contributed by atoms with E-state index in [0.29, 0.717) is 4.90 Å². The zero-order chi connectivity index (χ0) is 17.6. The van der Waals surface area contributed by atoms with Crippen LogP contribution in [-0.2, 0) is 9.59 Å². The number of rotatable bonds is 3. The summed E-state index contributed by atoms with van der Waals surface area (Å²) in [7, 11) is 1.27. The number of benzene rings is 1. The highest BCUT2D eigenvalue weighted by atomic mass is 16.6. The Labute approximate surface area is 134 Å². The van der Waals surface area contributed by atoms with Crippen LogP contribution in [0.5, 0.6) is 5.75 Å². The third-order valence-electron chi connectivity index (χ3n) is 3.93. The molecule has 1 aromatic rings. The van der Waals surface area contributed by atoms with E-state index < -0.39 is 40.3 Å². The van der Waals surface area contributed by atoms with Crippen molar-refractivity contribution in [2.45, 2.75) is 18.9 Å². The number of nitro benzene ring substituents is 1. The van der Waals surface area contributed by atoms with Crippen LogP contribution < -0.4 is 10.1 Å². The molecule has 124 valence electrons. The summed E-state index contributed by atoms with van der Waals surface area (Å²) in [5.41, 5.74) is -1.15. The van der Waals surface area contributed by atoms with Crippen LogP contribution in [0.3, 0.4) is 0 Å². The maximum atomic E-state index is 12.6. The van der Waals surface area contributed by atoms with Crippen molar-refractivity contribution in [3.63, 3.8) is 0 Å². The Morgan fingerprint density at radius 1 is 1.25 bits per heavy atom. The Morgan fingerprint density at radius 3 is 2.54 bits per heavy atom. The minimum Gasteiger partial charge on any atom is -0.496 e. The van der Waals surface area contributed by atoms with E-state index in [-0.39, 0.29) is 29.7 Å². The molecule has 0 aliphatic carbocycles. The predicted molar refractivity (Wildman–Crippen MR) is 76.3 cm³/mol. The van der Waals surface area contributed by atoms with Crippen molar-refractivity contribution in [3.8, 4) is 5.75 Å². The lowest BCUT2D eigenvalue weighted by molar-refractivity contribution is -0.385. The second kappa shape index (κ2) is 5.41. The first-order valence-corrected chi connectivity index (χ1v) is 6.93. The van der Waals surface area contributed by atoms with Crippen molar-refractivity contribution in [1.29, 1.82) is 0 Å². The van der Waals surface area contributed by atoms with Gasteiger partial charge in [-0.2, -0.15) is 0 Å². The summed E-state index contributed by atoms with van der Waals surface area (Å²) in [4.78, 5) is 59.3. The fourth-order valence-corrected chi connectivity index (χ4v) is 2.81. The molecule has 10 nitrogen and oxygen atoms in total. The number of hydrogen-bond acceptors (Lipinski definition) is 7. The van der Waals surface area contributed by atoms with Crippen molar-refractivity contribution in [3.05, 3.63) is 33.4 Å². The van der Waals surface area contributed by atoms with E-state index in [1.807, 2.05) is 0 Å². The van der Waals surface area contributed by atoms with E-state index >= 15 is 0 Å². The minimum atomic E-state index is -1.18. The Bertz CT molecular complexity index is 817. The number of carbonyl (C=O) groups is 4. The van der Waals surface area contributed by atoms with E-state index in [2.05, 4.69) is 5.32 Å². The standard InChI is InChI=1S/C14H11N3O7/c1-24-6-4-7-11(9(5-6)17(22)23)14(21)16(13(7)20)8-2-3-10(18)15-12(8)19/h4-5,8H,2-3H2,1H3,(H,15,18,19). The molecule has 2 aliphatic rings. The van der Waals surface area contributed by atoms with Gasteiger partial charge in [-0.05, 0) is 12.5 Å². The number of carbonyl (C=O) groups excluding carboxylic acids is 4. The fourth-order valence-electron chi connectivity index (χ4n) is 2.81. The quantitative estimate of drug-likeness (QED) is 0.467. The monoisotopic (exact) mass is 333 g/mol. The molecule has 2 aliphatic heterocycles. The van der Waals surface area contributed by atoms with Gasteiger partial charge in [-0.3, -0.25) is 39.5 Å². The smallest absolute Gasteiger partial charge is 0.286 e. The number of methoxy groups -OCH3 is 1. The Hall–Kier alpha value is -3.30. The van der Waals surface area contributed by atoms with E-state index in [4.69, 9.17) is 4.74 Å². The number of amides is 4. The molecule has 0 bridgehead atoms. The Kier molecular flexibility index (Phi) is 3.51. The van der Waals surface area contributed by atoms with Crippen molar-refractivity contribution >= 4 is 29.3 Å². The first-order valence-electron chi connectivity index (χ1n) is 6.93.